The summed E-state index contributed by atoms with van der Waals surface area (Å²) < 4.78 is 0. The Morgan fingerprint density at radius 3 is 2.36 bits per heavy atom. The maximum atomic E-state index is 11.3. The highest BCUT2D eigenvalue weighted by Crippen LogP contribution is 2.03. The van der Waals surface area contributed by atoms with Crippen molar-refractivity contribution in [3.05, 3.63) is 0 Å². The van der Waals surface area contributed by atoms with Crippen molar-refractivity contribution < 1.29 is 4.79 Å². The van der Waals surface area contributed by atoms with Gasteiger partial charge in [0.25, 0.3) is 0 Å². The third-order valence-corrected chi connectivity index (χ3v) is 2.22. The highest BCUT2D eigenvalue weighted by Gasteiger charge is 2.16. The second-order valence-corrected chi connectivity index (χ2v) is 4.50. The molecule has 0 heterocycles. The number of nitrogens with zero attached hydrogens (tertiary/aromatic N) is 1. The van der Waals surface area contributed by atoms with Crippen LogP contribution in [0.25, 0.3) is 0 Å². The van der Waals surface area contributed by atoms with E-state index >= 15 is 0 Å². The first kappa shape index (κ1) is 13.7. The van der Waals surface area contributed by atoms with Crippen LogP contribution in [0, 0.1) is 5.92 Å². The van der Waals surface area contributed by atoms with E-state index in [0.717, 1.165) is 6.54 Å². The van der Waals surface area contributed by atoms with Gasteiger partial charge in [-0.2, -0.15) is 0 Å². The average molecular weight is 221 g/mol. The van der Waals surface area contributed by atoms with Gasteiger partial charge in [0.15, 0.2) is 0 Å². The molecule has 0 saturated heterocycles. The molecule has 4 heteroatoms. The van der Waals surface area contributed by atoms with E-state index in [1.165, 1.54) is 0 Å². The minimum atomic E-state index is 0.0422. The molecule has 0 bridgehead atoms. The number of nitrogens with one attached hydrogen (secondary N) is 1. The minimum Gasteiger partial charge on any atom is -0.352 e. The van der Waals surface area contributed by atoms with Gasteiger partial charge in [0.2, 0.25) is 5.91 Å². The summed E-state index contributed by atoms with van der Waals surface area (Å²) in [5.41, 5.74) is 0. The first-order valence-corrected chi connectivity index (χ1v) is 5.51. The molecule has 0 saturated carbocycles. The lowest BCUT2D eigenvalue weighted by atomic mass is 10.0. The maximum Gasteiger partial charge on any atom is 0.221 e. The Labute approximate surface area is 91.8 Å². The van der Waals surface area contributed by atoms with Crippen LogP contribution in [0.1, 0.15) is 20.3 Å². The highest BCUT2D eigenvalue weighted by molar-refractivity contribution is 6.18. The molecule has 1 atom stereocenters. The predicted molar refractivity (Wildman–Crippen MR) is 60.7 cm³/mol. The topological polar surface area (TPSA) is 32.3 Å². The van der Waals surface area contributed by atoms with Crippen LogP contribution < -0.4 is 5.32 Å². The quantitative estimate of drug-likeness (QED) is 0.685. The van der Waals surface area contributed by atoms with E-state index in [1.54, 1.807) is 0 Å². The van der Waals surface area contributed by atoms with Crippen LogP contribution in [0.15, 0.2) is 0 Å². The predicted octanol–water partition coefficient (Wildman–Crippen LogP) is 1.32. The van der Waals surface area contributed by atoms with Crippen molar-refractivity contribution in [3.8, 4) is 0 Å². The van der Waals surface area contributed by atoms with Crippen LogP contribution in [0.5, 0.6) is 0 Å². The molecular formula is C10H21ClN2O. The van der Waals surface area contributed by atoms with Gasteiger partial charge in [0.1, 0.15) is 0 Å². The van der Waals surface area contributed by atoms with E-state index < -0.39 is 0 Å². The minimum absolute atomic E-state index is 0.0422. The lowest BCUT2D eigenvalue weighted by Crippen LogP contribution is -2.45. The van der Waals surface area contributed by atoms with Gasteiger partial charge in [0.05, 0.1) is 0 Å². The Morgan fingerprint density at radius 2 is 2.00 bits per heavy atom. The number of hydrogen-bond acceptors (Lipinski definition) is 2. The lowest BCUT2D eigenvalue weighted by Gasteiger charge is -2.25. The van der Waals surface area contributed by atoms with Gasteiger partial charge in [-0.25, -0.2) is 0 Å². The summed E-state index contributed by atoms with van der Waals surface area (Å²) in [4.78, 5) is 13.4. The number of carbonyl (C=O) groups is 1. The fraction of sp³-hybridized carbons (Fsp3) is 0.900. The molecule has 0 aliphatic heterocycles. The fourth-order valence-electron chi connectivity index (χ4n) is 1.18. The summed E-state index contributed by atoms with van der Waals surface area (Å²) in [7, 11) is 4.01. The van der Waals surface area contributed by atoms with Crippen molar-refractivity contribution in [1.82, 2.24) is 10.2 Å². The normalized spacial score (nSPS) is 13.4. The molecule has 1 amide bonds. The van der Waals surface area contributed by atoms with Crippen LogP contribution >= 0.6 is 11.6 Å². The van der Waals surface area contributed by atoms with Crippen LogP contribution in [-0.4, -0.2) is 43.4 Å². The van der Waals surface area contributed by atoms with Crippen LogP contribution in [0.4, 0.5) is 0 Å². The summed E-state index contributed by atoms with van der Waals surface area (Å²) in [6.07, 6.45) is 0.401. The largest absolute Gasteiger partial charge is 0.352 e. The second-order valence-electron chi connectivity index (χ2n) is 4.12. The fourth-order valence-corrected chi connectivity index (χ4v) is 1.35. The molecule has 84 valence electrons. The van der Waals surface area contributed by atoms with Crippen molar-refractivity contribution in [3.63, 3.8) is 0 Å². The van der Waals surface area contributed by atoms with Gasteiger partial charge in [-0.15, -0.1) is 11.6 Å². The van der Waals surface area contributed by atoms with E-state index in [0.29, 0.717) is 18.2 Å². The molecule has 0 radical (unpaired) electrons. The molecule has 1 N–H and O–H groups in total. The number of hydrogen-bond donors (Lipinski definition) is 1. The molecule has 0 aromatic heterocycles. The van der Waals surface area contributed by atoms with Crippen molar-refractivity contribution in [2.24, 2.45) is 5.92 Å². The zero-order chi connectivity index (χ0) is 11.1. The van der Waals surface area contributed by atoms with E-state index in [9.17, 15) is 4.79 Å². The van der Waals surface area contributed by atoms with Gasteiger partial charge in [-0.3, -0.25) is 4.79 Å². The molecule has 0 aromatic carbocycles. The number of halogens is 1. The van der Waals surface area contributed by atoms with Gasteiger partial charge in [-0.1, -0.05) is 13.8 Å². The van der Waals surface area contributed by atoms with Crippen molar-refractivity contribution >= 4 is 17.5 Å². The Balaban J connectivity index is 4.02. The second kappa shape index (κ2) is 7.07. The molecule has 3 nitrogen and oxygen atoms in total. The van der Waals surface area contributed by atoms with Crippen LogP contribution in [0.3, 0.4) is 0 Å². The van der Waals surface area contributed by atoms with Gasteiger partial charge in [-0.05, 0) is 20.0 Å². The first-order chi connectivity index (χ1) is 6.47. The zero-order valence-electron chi connectivity index (χ0n) is 9.51. The molecule has 14 heavy (non-hydrogen) atoms. The number of amides is 1. The molecule has 0 rings (SSSR count). The van der Waals surface area contributed by atoms with Crippen molar-refractivity contribution in [1.29, 1.82) is 0 Å². The van der Waals surface area contributed by atoms with Crippen molar-refractivity contribution in [2.75, 3.05) is 26.5 Å². The molecule has 0 fully saturated rings. The third-order valence-electron chi connectivity index (χ3n) is 2.03. The molecule has 1 unspecified atom stereocenters. The summed E-state index contributed by atoms with van der Waals surface area (Å²) in [6.45, 7) is 5.08. The molecule has 0 aliphatic rings. The number of carbonyl (C=O) groups excluding carboxylic acids is 1. The molecule has 0 aliphatic carbocycles. The van der Waals surface area contributed by atoms with Gasteiger partial charge < -0.3 is 10.2 Å². The Morgan fingerprint density at radius 1 is 1.43 bits per heavy atom. The standard InChI is InChI=1S/C10H21ClN2O/c1-8(2)9(7-13(3)4)12-10(14)5-6-11/h8-9H,5-7H2,1-4H3,(H,12,14). The van der Waals surface area contributed by atoms with Crippen LogP contribution in [0.2, 0.25) is 0 Å². The summed E-state index contributed by atoms with van der Waals surface area (Å²) >= 11 is 5.49. The molecule has 0 aromatic rings. The van der Waals surface area contributed by atoms with E-state index in [-0.39, 0.29) is 11.9 Å². The first-order valence-electron chi connectivity index (χ1n) is 4.97. The average Bonchev–Trinajstić information content (AvgIpc) is 2.02. The lowest BCUT2D eigenvalue weighted by molar-refractivity contribution is -0.121. The number of alkyl halides is 1. The number of rotatable bonds is 6. The summed E-state index contributed by atoms with van der Waals surface area (Å²) in [5, 5.41) is 2.98. The van der Waals surface area contributed by atoms with Gasteiger partial charge >= 0.3 is 0 Å². The monoisotopic (exact) mass is 220 g/mol. The summed E-state index contributed by atoms with van der Waals surface area (Å²) in [5.74, 6) is 0.871. The third kappa shape index (κ3) is 6.22. The maximum absolute atomic E-state index is 11.3. The SMILES string of the molecule is CC(C)C(CN(C)C)NC(=O)CCCl. The number of likely N-dealkylation sites (N-methyl/N-ethyl adjacent to an activating group) is 1. The molecule has 0 spiro atoms. The Kier molecular flexibility index (Phi) is 6.93. The summed E-state index contributed by atoms with van der Waals surface area (Å²) in [6, 6.07) is 0.209. The Bertz CT molecular complexity index is 172. The van der Waals surface area contributed by atoms with E-state index in [2.05, 4.69) is 24.1 Å². The van der Waals surface area contributed by atoms with Crippen molar-refractivity contribution in [2.45, 2.75) is 26.3 Å². The smallest absolute Gasteiger partial charge is 0.221 e. The Hall–Kier alpha value is -0.280. The van der Waals surface area contributed by atoms with E-state index in [4.69, 9.17) is 11.6 Å². The van der Waals surface area contributed by atoms with Crippen LogP contribution in [-0.2, 0) is 4.79 Å². The highest BCUT2D eigenvalue weighted by atomic mass is 35.5. The molecular weight excluding hydrogens is 200 g/mol. The van der Waals surface area contributed by atoms with E-state index in [1.807, 2.05) is 14.1 Å². The van der Waals surface area contributed by atoms with Gasteiger partial charge in [0, 0.05) is 24.9 Å². The zero-order valence-corrected chi connectivity index (χ0v) is 10.3.